The maximum absolute atomic E-state index is 14.0. The van der Waals surface area contributed by atoms with Crippen LogP contribution < -0.4 is 11.1 Å². The molecule has 0 radical (unpaired) electrons. The van der Waals surface area contributed by atoms with Crippen LogP contribution in [0.1, 0.15) is 28.1 Å². The number of ketones is 1. The molecule has 33 heavy (non-hydrogen) atoms. The summed E-state index contributed by atoms with van der Waals surface area (Å²) in [5.41, 5.74) is 5.12. The predicted octanol–water partition coefficient (Wildman–Crippen LogP) is 2.70. The zero-order valence-corrected chi connectivity index (χ0v) is 22.1. The zero-order valence-electron chi connectivity index (χ0n) is 16.8. The van der Waals surface area contributed by atoms with Gasteiger partial charge in [0.1, 0.15) is 22.3 Å². The molecular formula is C19H17ClF2N5O3S2W-. The normalized spacial score (nSPS) is 15.6. The van der Waals surface area contributed by atoms with Gasteiger partial charge >= 0.3 is 139 Å². The molecule has 0 atom stereocenters. The van der Waals surface area contributed by atoms with Gasteiger partial charge in [0.15, 0.2) is 0 Å². The van der Waals surface area contributed by atoms with Crippen molar-refractivity contribution < 1.29 is 41.3 Å². The molecule has 2 heterocycles. The van der Waals surface area contributed by atoms with E-state index in [1.807, 2.05) is 0 Å². The number of hydrogen-bond acceptors (Lipinski definition) is 8. The molecule has 1 aromatic heterocycles. The number of carbonyl (C=O) groups excluding carboxylic acids is 1. The second-order valence-corrected chi connectivity index (χ2v) is 12.5. The number of allylic oxidation sites excluding steroid dienone is 1. The van der Waals surface area contributed by atoms with Crippen LogP contribution in [0.25, 0.3) is 0 Å². The molecular weight excluding hydrogens is 668 g/mol. The van der Waals surface area contributed by atoms with E-state index in [-0.39, 0.29) is 33.3 Å². The fourth-order valence-corrected chi connectivity index (χ4v) is 5.45. The van der Waals surface area contributed by atoms with Gasteiger partial charge in [0, 0.05) is 0 Å². The van der Waals surface area contributed by atoms with Crippen LogP contribution in [0.3, 0.4) is 0 Å². The van der Waals surface area contributed by atoms with Gasteiger partial charge in [-0.25, -0.2) is 8.78 Å². The number of thiazole rings is 1. The Bertz CT molecular complexity index is 1220. The Kier molecular flexibility index (Phi) is 8.28. The van der Waals surface area contributed by atoms with Crippen LogP contribution in [-0.2, 0) is 29.4 Å². The Labute approximate surface area is 209 Å². The summed E-state index contributed by atoms with van der Waals surface area (Å²) in [5, 5.41) is 3.40. The molecule has 0 amide bonds. The molecule has 0 aliphatic carbocycles. The van der Waals surface area contributed by atoms with Crippen LogP contribution in [0.4, 0.5) is 19.7 Å². The number of nitrogen functional groups attached to an aromatic ring is 1. The van der Waals surface area contributed by atoms with Gasteiger partial charge in [-0.3, -0.25) is 4.79 Å². The van der Waals surface area contributed by atoms with Crippen LogP contribution in [0.2, 0.25) is 0 Å². The first kappa shape index (κ1) is 25.8. The summed E-state index contributed by atoms with van der Waals surface area (Å²) in [6.45, 7) is 6.04. The van der Waals surface area contributed by atoms with Crippen LogP contribution in [0.5, 0.6) is 0 Å². The SMILES string of the molecule is [CH-]=C(/C=N\[C](Cl)=[W])S(=O)(=O)N1CCC(Nc2nc(N)c(C(=O)c3c(F)cccc3F)s2)CC1. The van der Waals surface area contributed by atoms with Gasteiger partial charge in [-0.1, -0.05) is 6.07 Å². The van der Waals surface area contributed by atoms with Gasteiger partial charge in [0.25, 0.3) is 0 Å². The number of nitrogens with one attached hydrogen (secondary N) is 1. The van der Waals surface area contributed by atoms with Crippen molar-refractivity contribution in [1.29, 1.82) is 0 Å². The predicted molar refractivity (Wildman–Crippen MR) is 121 cm³/mol. The van der Waals surface area contributed by atoms with Crippen molar-refractivity contribution in [1.82, 2.24) is 9.29 Å². The van der Waals surface area contributed by atoms with E-state index in [1.165, 1.54) is 4.31 Å². The number of rotatable bonds is 8. The van der Waals surface area contributed by atoms with Gasteiger partial charge in [-0.15, -0.1) is 0 Å². The fourth-order valence-electron chi connectivity index (χ4n) is 3.13. The quantitative estimate of drug-likeness (QED) is 0.191. The van der Waals surface area contributed by atoms with Gasteiger partial charge in [-0.05, 0) is 12.1 Å². The first-order valence-electron chi connectivity index (χ1n) is 9.38. The third kappa shape index (κ3) is 5.99. The molecule has 0 unspecified atom stereocenters. The number of benzene rings is 1. The number of anilines is 2. The zero-order chi connectivity index (χ0) is 24.3. The molecule has 1 aromatic carbocycles. The summed E-state index contributed by atoms with van der Waals surface area (Å²) in [6, 6.07) is 2.97. The third-order valence-corrected chi connectivity index (χ3v) is 7.99. The van der Waals surface area contributed by atoms with E-state index in [0.717, 1.165) is 55.1 Å². The van der Waals surface area contributed by atoms with Crippen molar-refractivity contribution in [2.75, 3.05) is 24.1 Å². The van der Waals surface area contributed by atoms with Gasteiger partial charge in [-0.2, -0.15) is 0 Å². The number of piperidine rings is 1. The third-order valence-electron chi connectivity index (χ3n) is 4.76. The maximum atomic E-state index is 14.0. The summed E-state index contributed by atoms with van der Waals surface area (Å²) in [5.74, 6) is -3.02. The van der Waals surface area contributed by atoms with Crippen LogP contribution in [0.15, 0.2) is 28.1 Å². The van der Waals surface area contributed by atoms with E-state index in [0.29, 0.717) is 18.0 Å². The average molecular weight is 685 g/mol. The summed E-state index contributed by atoms with van der Waals surface area (Å²) >= 11 is 7.39. The molecule has 1 saturated heterocycles. The van der Waals surface area contributed by atoms with E-state index in [1.54, 1.807) is 0 Å². The molecule has 1 aliphatic rings. The number of nitrogens with zero attached hydrogens (tertiary/aromatic N) is 3. The monoisotopic (exact) mass is 684 g/mol. The molecule has 1 aliphatic heterocycles. The standard InChI is InChI=1S/C19H17ClF2N5O3S2.W/c1-11(9-24-10-20)32(29,30)27-7-5-12(6-8-27)25-19-26-18(23)17(31-19)16(28)15-13(21)3-2-4-14(15)22;/h1-4,9,12H,5-8,23H2,(H,25,26);/q-1;. The molecule has 2 aromatic rings. The van der Waals surface area contributed by atoms with Crippen molar-refractivity contribution in [3.8, 4) is 0 Å². The Hall–Kier alpha value is -1.85. The fraction of sp³-hybridized carbons (Fsp3) is 0.263. The van der Waals surface area contributed by atoms with Crippen molar-refractivity contribution in [2.24, 2.45) is 4.99 Å². The Morgan fingerprint density at radius 3 is 2.55 bits per heavy atom. The molecule has 176 valence electrons. The first-order chi connectivity index (χ1) is 15.5. The number of halogens is 3. The van der Waals surface area contributed by atoms with Crippen LogP contribution in [-0.4, -0.2) is 52.3 Å². The van der Waals surface area contributed by atoms with Gasteiger partial charge in [0.05, 0.1) is 5.56 Å². The average Bonchev–Trinajstić information content (AvgIpc) is 3.12. The number of sulfonamides is 1. The molecule has 3 rings (SSSR count). The number of carbonyl (C=O) groups is 1. The van der Waals surface area contributed by atoms with E-state index in [4.69, 9.17) is 23.9 Å². The molecule has 1 fully saturated rings. The second kappa shape index (κ2) is 10.6. The van der Waals surface area contributed by atoms with Crippen LogP contribution in [0, 0.1) is 18.2 Å². The first-order valence-corrected chi connectivity index (χ1v) is 13.5. The number of aromatic nitrogens is 1. The molecule has 0 saturated carbocycles. The van der Waals surface area contributed by atoms with Crippen LogP contribution >= 0.6 is 22.9 Å². The Morgan fingerprint density at radius 1 is 1.36 bits per heavy atom. The van der Waals surface area contributed by atoms with E-state index < -0.39 is 37.9 Å². The molecule has 14 heteroatoms. The Morgan fingerprint density at radius 2 is 1.97 bits per heavy atom. The summed E-state index contributed by atoms with van der Waals surface area (Å²) in [4.78, 5) is 19.9. The number of nitrogens with two attached hydrogens (primary N) is 1. The Balaban J connectivity index is 1.66. The molecule has 0 bridgehead atoms. The topological polar surface area (TPSA) is 118 Å². The minimum atomic E-state index is -3.87. The molecule has 0 spiro atoms. The van der Waals surface area contributed by atoms with E-state index in [9.17, 15) is 22.0 Å². The summed E-state index contributed by atoms with van der Waals surface area (Å²) in [6.07, 6.45) is 1.88. The van der Waals surface area contributed by atoms with Gasteiger partial charge < -0.3 is 5.73 Å². The number of hydrogen-bond donors (Lipinski definition) is 2. The van der Waals surface area contributed by atoms with Gasteiger partial charge in [0.2, 0.25) is 5.78 Å². The number of aliphatic imine (C=N–C) groups is 1. The second-order valence-electron chi connectivity index (χ2n) is 6.90. The van der Waals surface area contributed by atoms with E-state index in [2.05, 4.69) is 15.3 Å². The van der Waals surface area contributed by atoms with Crippen molar-refractivity contribution in [3.63, 3.8) is 0 Å². The van der Waals surface area contributed by atoms with Crippen molar-refractivity contribution >= 4 is 59.4 Å². The summed E-state index contributed by atoms with van der Waals surface area (Å²) < 4.78 is 54.5. The van der Waals surface area contributed by atoms with Crippen molar-refractivity contribution in [3.05, 3.63) is 51.8 Å². The summed E-state index contributed by atoms with van der Waals surface area (Å²) in [7, 11) is -3.87. The molecule has 3 N–H and O–H groups in total. The van der Waals surface area contributed by atoms with E-state index >= 15 is 0 Å². The minimum absolute atomic E-state index is 0.0867. The molecule has 8 nitrogen and oxygen atoms in total. The van der Waals surface area contributed by atoms with Crippen molar-refractivity contribution in [2.45, 2.75) is 18.9 Å².